The van der Waals surface area contributed by atoms with Gasteiger partial charge in [0, 0.05) is 21.7 Å². The van der Waals surface area contributed by atoms with E-state index in [1.165, 1.54) is 6.07 Å². The van der Waals surface area contributed by atoms with Gasteiger partial charge >= 0.3 is 5.97 Å². The number of nitrogens with two attached hydrogens (primary N) is 1. The summed E-state index contributed by atoms with van der Waals surface area (Å²) in [5, 5.41) is 9.97. The normalized spacial score (nSPS) is 14.0. The number of ether oxygens (including phenoxy) is 4. The van der Waals surface area contributed by atoms with E-state index in [0.29, 0.717) is 46.1 Å². The van der Waals surface area contributed by atoms with Crippen molar-refractivity contribution in [2.24, 2.45) is 5.73 Å². The number of hydrogen-bond acceptors (Lipinski definition) is 7. The van der Waals surface area contributed by atoms with Crippen LogP contribution in [-0.2, 0) is 6.61 Å². The van der Waals surface area contributed by atoms with Crippen LogP contribution in [0.1, 0.15) is 39.9 Å². The minimum absolute atomic E-state index is 0.0181. The molecule has 0 aromatic heterocycles. The van der Waals surface area contributed by atoms with Crippen molar-refractivity contribution in [2.45, 2.75) is 19.4 Å². The van der Waals surface area contributed by atoms with Crippen LogP contribution in [0.4, 0.5) is 4.39 Å². The highest BCUT2D eigenvalue weighted by Gasteiger charge is 2.32. The Kier molecular flexibility index (Phi) is 8.22. The maximum atomic E-state index is 14.1. The number of nitrogens with zero attached hydrogens (tertiary/aromatic N) is 1. The van der Waals surface area contributed by atoms with Crippen LogP contribution in [-0.4, -0.2) is 12.6 Å². The molecule has 4 aromatic carbocycles. The van der Waals surface area contributed by atoms with Gasteiger partial charge in [-0.1, -0.05) is 46.3 Å². The van der Waals surface area contributed by atoms with E-state index >= 15 is 0 Å². The standard InChI is InChI=1S/C32H24BrFN2O5/c1-2-38-29-15-20(9-14-27(29)39-18-21-5-3-4-6-26(21)34)30-24-13-12-23(16-28(24)41-31(36)25(30)17-35)40-32(37)19-7-10-22(33)11-8-19/h3-16,30H,2,18,36H2,1H3. The minimum atomic E-state index is -0.584. The van der Waals surface area contributed by atoms with E-state index in [4.69, 9.17) is 24.7 Å². The van der Waals surface area contributed by atoms with Crippen molar-refractivity contribution in [1.82, 2.24) is 0 Å². The molecule has 4 aromatic rings. The van der Waals surface area contributed by atoms with E-state index in [-0.39, 0.29) is 29.6 Å². The first-order valence-corrected chi connectivity index (χ1v) is 13.5. The van der Waals surface area contributed by atoms with Crippen molar-refractivity contribution in [1.29, 1.82) is 5.26 Å². The molecule has 1 aliphatic rings. The zero-order chi connectivity index (χ0) is 28.9. The molecule has 41 heavy (non-hydrogen) atoms. The number of carbonyl (C=O) groups excluding carboxylic acids is 1. The van der Waals surface area contributed by atoms with E-state index < -0.39 is 11.9 Å². The molecular weight excluding hydrogens is 591 g/mol. The smallest absolute Gasteiger partial charge is 0.343 e. The Labute approximate surface area is 244 Å². The quantitative estimate of drug-likeness (QED) is 0.168. The van der Waals surface area contributed by atoms with E-state index in [9.17, 15) is 14.4 Å². The van der Waals surface area contributed by atoms with Crippen LogP contribution >= 0.6 is 15.9 Å². The number of hydrogen-bond donors (Lipinski definition) is 1. The number of fused-ring (bicyclic) bond motifs is 1. The second-order valence-electron chi connectivity index (χ2n) is 9.04. The van der Waals surface area contributed by atoms with Gasteiger partial charge in [0.05, 0.1) is 18.1 Å². The van der Waals surface area contributed by atoms with Crippen LogP contribution in [0.5, 0.6) is 23.0 Å². The zero-order valence-corrected chi connectivity index (χ0v) is 23.5. The van der Waals surface area contributed by atoms with Crippen molar-refractivity contribution in [3.8, 4) is 29.1 Å². The third-order valence-corrected chi connectivity index (χ3v) is 6.95. The molecule has 0 aliphatic carbocycles. The summed E-state index contributed by atoms with van der Waals surface area (Å²) in [6.45, 7) is 2.22. The molecule has 0 fully saturated rings. The van der Waals surface area contributed by atoms with Crippen molar-refractivity contribution in [3.05, 3.63) is 129 Å². The SMILES string of the molecule is CCOc1cc(C2C(C#N)=C(N)Oc3cc(OC(=O)c4ccc(Br)cc4)ccc32)ccc1OCc1ccccc1F. The highest BCUT2D eigenvalue weighted by Crippen LogP contribution is 2.45. The first-order valence-electron chi connectivity index (χ1n) is 12.7. The molecule has 0 saturated carbocycles. The van der Waals surface area contributed by atoms with Gasteiger partial charge in [0.25, 0.3) is 0 Å². The Bertz CT molecular complexity index is 1680. The van der Waals surface area contributed by atoms with Crippen LogP contribution in [0.25, 0.3) is 0 Å². The highest BCUT2D eigenvalue weighted by atomic mass is 79.9. The van der Waals surface area contributed by atoms with Gasteiger partial charge in [0.1, 0.15) is 35.6 Å². The molecule has 2 N–H and O–H groups in total. The summed E-state index contributed by atoms with van der Waals surface area (Å²) in [6.07, 6.45) is 0. The fourth-order valence-corrected chi connectivity index (χ4v) is 4.72. The molecule has 0 spiro atoms. The van der Waals surface area contributed by atoms with Gasteiger partial charge in [0.2, 0.25) is 5.88 Å². The summed E-state index contributed by atoms with van der Waals surface area (Å²) in [5.74, 6) is -0.0532. The van der Waals surface area contributed by atoms with Crippen molar-refractivity contribution in [2.75, 3.05) is 6.61 Å². The summed E-state index contributed by atoms with van der Waals surface area (Å²) in [6, 6.07) is 25.6. The predicted octanol–water partition coefficient (Wildman–Crippen LogP) is 7.00. The number of esters is 1. The lowest BCUT2D eigenvalue weighted by Crippen LogP contribution is -2.21. The van der Waals surface area contributed by atoms with Gasteiger partial charge < -0.3 is 24.7 Å². The molecule has 9 heteroatoms. The van der Waals surface area contributed by atoms with E-state index in [0.717, 1.165) is 4.47 Å². The summed E-state index contributed by atoms with van der Waals surface area (Å²) in [7, 11) is 0. The first-order chi connectivity index (χ1) is 19.9. The van der Waals surface area contributed by atoms with Crippen LogP contribution in [0.15, 0.2) is 101 Å². The number of benzene rings is 4. The second-order valence-corrected chi connectivity index (χ2v) is 9.96. The second kappa shape index (κ2) is 12.1. The lowest BCUT2D eigenvalue weighted by Gasteiger charge is -2.27. The maximum absolute atomic E-state index is 14.1. The van der Waals surface area contributed by atoms with Gasteiger partial charge in [0.15, 0.2) is 11.5 Å². The molecule has 0 bridgehead atoms. The van der Waals surface area contributed by atoms with Gasteiger partial charge in [-0.15, -0.1) is 0 Å². The molecule has 7 nitrogen and oxygen atoms in total. The number of nitriles is 1. The van der Waals surface area contributed by atoms with Crippen LogP contribution in [0.3, 0.4) is 0 Å². The van der Waals surface area contributed by atoms with Crippen molar-refractivity contribution >= 4 is 21.9 Å². The van der Waals surface area contributed by atoms with E-state index in [2.05, 4.69) is 22.0 Å². The predicted molar refractivity (Wildman–Crippen MR) is 153 cm³/mol. The third-order valence-electron chi connectivity index (χ3n) is 6.42. The molecule has 0 radical (unpaired) electrons. The Morgan fingerprint density at radius 3 is 2.54 bits per heavy atom. The minimum Gasteiger partial charge on any atom is -0.490 e. The third kappa shape index (κ3) is 6.03. The largest absolute Gasteiger partial charge is 0.490 e. The average Bonchev–Trinajstić information content (AvgIpc) is 2.97. The summed E-state index contributed by atoms with van der Waals surface area (Å²) < 4.78 is 38.0. The van der Waals surface area contributed by atoms with Gasteiger partial charge in [-0.25, -0.2) is 9.18 Å². The molecule has 1 aliphatic heterocycles. The van der Waals surface area contributed by atoms with Crippen molar-refractivity contribution < 1.29 is 28.1 Å². The Morgan fingerprint density at radius 1 is 1.02 bits per heavy atom. The Balaban J connectivity index is 1.45. The average molecular weight is 615 g/mol. The number of allylic oxidation sites excluding steroid dienone is 1. The Morgan fingerprint density at radius 2 is 1.80 bits per heavy atom. The number of rotatable bonds is 8. The number of halogens is 2. The molecule has 5 rings (SSSR count). The summed E-state index contributed by atoms with van der Waals surface area (Å²) >= 11 is 3.34. The first kappa shape index (κ1) is 27.7. The van der Waals surface area contributed by atoms with Crippen molar-refractivity contribution in [3.63, 3.8) is 0 Å². The van der Waals surface area contributed by atoms with Gasteiger partial charge in [-0.3, -0.25) is 0 Å². The molecule has 1 atom stereocenters. The monoisotopic (exact) mass is 614 g/mol. The molecular formula is C32H24BrFN2O5. The van der Waals surface area contributed by atoms with Crippen LogP contribution in [0, 0.1) is 17.1 Å². The van der Waals surface area contributed by atoms with Gasteiger partial charge in [-0.05, 0) is 61.0 Å². The molecule has 1 unspecified atom stereocenters. The Hall–Kier alpha value is -4.81. The summed E-state index contributed by atoms with van der Waals surface area (Å²) in [4.78, 5) is 12.6. The van der Waals surface area contributed by atoms with E-state index in [1.807, 2.05) is 6.92 Å². The maximum Gasteiger partial charge on any atom is 0.343 e. The topological polar surface area (TPSA) is 104 Å². The lowest BCUT2D eigenvalue weighted by atomic mass is 9.83. The van der Waals surface area contributed by atoms with Gasteiger partial charge in [-0.2, -0.15) is 5.26 Å². The van der Waals surface area contributed by atoms with Crippen LogP contribution < -0.4 is 24.7 Å². The summed E-state index contributed by atoms with van der Waals surface area (Å²) in [5.41, 5.74) is 8.55. The van der Waals surface area contributed by atoms with E-state index in [1.54, 1.807) is 78.9 Å². The fraction of sp³-hybridized carbons (Fsp3) is 0.125. The molecule has 1 heterocycles. The van der Waals surface area contributed by atoms with Crippen LogP contribution in [0.2, 0.25) is 0 Å². The molecule has 0 amide bonds. The molecule has 0 saturated heterocycles. The zero-order valence-electron chi connectivity index (χ0n) is 21.9. The fourth-order valence-electron chi connectivity index (χ4n) is 4.46. The molecule has 206 valence electrons. The number of carbonyl (C=O) groups is 1. The highest BCUT2D eigenvalue weighted by molar-refractivity contribution is 9.10. The lowest BCUT2D eigenvalue weighted by molar-refractivity contribution is 0.0734.